The summed E-state index contributed by atoms with van der Waals surface area (Å²) in [5.41, 5.74) is 2.13. The summed E-state index contributed by atoms with van der Waals surface area (Å²) in [6.07, 6.45) is 7.02. The Morgan fingerprint density at radius 2 is 1.89 bits per heavy atom. The van der Waals surface area contributed by atoms with E-state index >= 15 is 0 Å². The van der Waals surface area contributed by atoms with E-state index in [1.54, 1.807) is 0 Å². The summed E-state index contributed by atoms with van der Waals surface area (Å²) in [6, 6.07) is 8.03. The van der Waals surface area contributed by atoms with Crippen LogP contribution >= 0.6 is 0 Å². The fourth-order valence-corrected chi connectivity index (χ4v) is 2.77. The highest BCUT2D eigenvalue weighted by atomic mass is 16.1. The Balaban J connectivity index is 1.74. The lowest BCUT2D eigenvalue weighted by molar-refractivity contribution is -0.116. The van der Waals surface area contributed by atoms with E-state index < -0.39 is 0 Å². The third-order valence-electron chi connectivity index (χ3n) is 3.87. The minimum absolute atomic E-state index is 0.147. The molecule has 19 heavy (non-hydrogen) atoms. The Morgan fingerprint density at radius 1 is 1.21 bits per heavy atom. The van der Waals surface area contributed by atoms with Crippen LogP contribution in [0.15, 0.2) is 24.3 Å². The van der Waals surface area contributed by atoms with Crippen molar-refractivity contribution in [3.63, 3.8) is 0 Å². The van der Waals surface area contributed by atoms with E-state index in [-0.39, 0.29) is 5.91 Å². The number of rotatable bonds is 6. The van der Waals surface area contributed by atoms with E-state index in [9.17, 15) is 4.79 Å². The SMILES string of the molecule is CNCc1ccc(NC(=O)CCC2CCCC2)cc1. The van der Waals surface area contributed by atoms with E-state index in [0.717, 1.165) is 24.6 Å². The van der Waals surface area contributed by atoms with Gasteiger partial charge >= 0.3 is 0 Å². The molecule has 1 amide bonds. The second-order valence-corrected chi connectivity index (χ2v) is 5.46. The van der Waals surface area contributed by atoms with E-state index in [1.165, 1.54) is 31.2 Å². The molecule has 0 spiro atoms. The highest BCUT2D eigenvalue weighted by Crippen LogP contribution is 2.28. The fourth-order valence-electron chi connectivity index (χ4n) is 2.77. The van der Waals surface area contributed by atoms with Gasteiger partial charge in [0.25, 0.3) is 0 Å². The molecule has 1 aliphatic rings. The van der Waals surface area contributed by atoms with E-state index in [2.05, 4.69) is 10.6 Å². The molecule has 3 nitrogen and oxygen atoms in total. The second kappa shape index (κ2) is 7.29. The summed E-state index contributed by atoms with van der Waals surface area (Å²) in [5.74, 6) is 0.928. The van der Waals surface area contributed by atoms with Gasteiger partial charge in [-0.2, -0.15) is 0 Å². The zero-order chi connectivity index (χ0) is 13.5. The molecule has 0 aliphatic heterocycles. The van der Waals surface area contributed by atoms with Gasteiger partial charge in [0, 0.05) is 18.7 Å². The number of amides is 1. The molecule has 1 saturated carbocycles. The second-order valence-electron chi connectivity index (χ2n) is 5.46. The van der Waals surface area contributed by atoms with E-state index in [1.807, 2.05) is 31.3 Å². The molecule has 0 radical (unpaired) electrons. The van der Waals surface area contributed by atoms with Crippen molar-refractivity contribution in [3.8, 4) is 0 Å². The summed E-state index contributed by atoms with van der Waals surface area (Å²) in [7, 11) is 1.93. The van der Waals surface area contributed by atoms with Gasteiger partial charge in [0.2, 0.25) is 5.91 Å². The van der Waals surface area contributed by atoms with Gasteiger partial charge in [0.05, 0.1) is 0 Å². The first-order valence-electron chi connectivity index (χ1n) is 7.31. The van der Waals surface area contributed by atoms with E-state index in [0.29, 0.717) is 6.42 Å². The van der Waals surface area contributed by atoms with Crippen LogP contribution < -0.4 is 10.6 Å². The van der Waals surface area contributed by atoms with Crippen molar-refractivity contribution >= 4 is 11.6 Å². The summed E-state index contributed by atoms with van der Waals surface area (Å²) in [4.78, 5) is 11.9. The van der Waals surface area contributed by atoms with E-state index in [4.69, 9.17) is 0 Å². The highest BCUT2D eigenvalue weighted by molar-refractivity contribution is 5.90. The first-order valence-corrected chi connectivity index (χ1v) is 7.31. The van der Waals surface area contributed by atoms with Gasteiger partial charge in [-0.05, 0) is 37.1 Å². The predicted molar refractivity (Wildman–Crippen MR) is 79.0 cm³/mol. The van der Waals surface area contributed by atoms with Crippen molar-refractivity contribution in [2.75, 3.05) is 12.4 Å². The average Bonchev–Trinajstić information content (AvgIpc) is 2.92. The normalized spacial score (nSPS) is 15.6. The van der Waals surface area contributed by atoms with Crippen LogP contribution in [0.1, 0.15) is 44.1 Å². The molecule has 0 atom stereocenters. The first-order chi connectivity index (χ1) is 9.28. The zero-order valence-corrected chi connectivity index (χ0v) is 11.7. The largest absolute Gasteiger partial charge is 0.326 e. The summed E-state index contributed by atoms with van der Waals surface area (Å²) < 4.78 is 0. The predicted octanol–water partition coefficient (Wildman–Crippen LogP) is 3.31. The molecule has 1 aromatic carbocycles. The topological polar surface area (TPSA) is 41.1 Å². The molecule has 2 rings (SSSR count). The molecule has 3 heteroatoms. The van der Waals surface area contributed by atoms with Crippen LogP contribution in [-0.4, -0.2) is 13.0 Å². The van der Waals surface area contributed by atoms with Crippen molar-refractivity contribution in [1.29, 1.82) is 0 Å². The number of anilines is 1. The first kappa shape index (κ1) is 14.1. The van der Waals surface area contributed by atoms with Gasteiger partial charge in [-0.25, -0.2) is 0 Å². The third kappa shape index (κ3) is 4.67. The number of benzene rings is 1. The number of carbonyl (C=O) groups is 1. The van der Waals surface area contributed by atoms with Crippen molar-refractivity contribution in [2.45, 2.75) is 45.1 Å². The fraction of sp³-hybridized carbons (Fsp3) is 0.562. The summed E-state index contributed by atoms with van der Waals surface area (Å²) in [6.45, 7) is 0.857. The van der Waals surface area contributed by atoms with Crippen LogP contribution in [0.2, 0.25) is 0 Å². The Hall–Kier alpha value is -1.35. The minimum Gasteiger partial charge on any atom is -0.326 e. The Bertz CT molecular complexity index is 394. The Kier molecular flexibility index (Phi) is 5.40. The van der Waals surface area contributed by atoms with Crippen LogP contribution in [0.4, 0.5) is 5.69 Å². The zero-order valence-electron chi connectivity index (χ0n) is 11.7. The average molecular weight is 260 g/mol. The summed E-state index contributed by atoms with van der Waals surface area (Å²) >= 11 is 0. The van der Waals surface area contributed by atoms with Gasteiger partial charge < -0.3 is 10.6 Å². The minimum atomic E-state index is 0.147. The molecule has 0 heterocycles. The van der Waals surface area contributed by atoms with Crippen LogP contribution in [0.5, 0.6) is 0 Å². The molecule has 1 fully saturated rings. The standard InChI is InChI=1S/C16H24N2O/c1-17-12-14-6-9-15(10-7-14)18-16(19)11-8-13-4-2-3-5-13/h6-7,9-10,13,17H,2-5,8,11-12H2,1H3,(H,18,19). The smallest absolute Gasteiger partial charge is 0.224 e. The monoisotopic (exact) mass is 260 g/mol. The van der Waals surface area contributed by atoms with Crippen LogP contribution in [0, 0.1) is 5.92 Å². The molecule has 0 saturated heterocycles. The molecular weight excluding hydrogens is 236 g/mol. The molecule has 104 valence electrons. The van der Waals surface area contributed by atoms with Crippen LogP contribution in [-0.2, 0) is 11.3 Å². The van der Waals surface area contributed by atoms with Crippen molar-refractivity contribution < 1.29 is 4.79 Å². The quantitative estimate of drug-likeness (QED) is 0.824. The van der Waals surface area contributed by atoms with Gasteiger partial charge in [-0.15, -0.1) is 0 Å². The number of hydrogen-bond donors (Lipinski definition) is 2. The van der Waals surface area contributed by atoms with Gasteiger partial charge in [0.15, 0.2) is 0 Å². The molecule has 0 bridgehead atoms. The number of nitrogens with one attached hydrogen (secondary N) is 2. The lowest BCUT2D eigenvalue weighted by Crippen LogP contribution is -2.13. The van der Waals surface area contributed by atoms with Crippen molar-refractivity contribution in [2.24, 2.45) is 5.92 Å². The Labute approximate surface area is 115 Å². The molecule has 2 N–H and O–H groups in total. The lowest BCUT2D eigenvalue weighted by atomic mass is 10.0. The highest BCUT2D eigenvalue weighted by Gasteiger charge is 2.16. The Morgan fingerprint density at radius 3 is 2.53 bits per heavy atom. The third-order valence-corrected chi connectivity index (χ3v) is 3.87. The molecule has 1 aliphatic carbocycles. The number of carbonyl (C=O) groups excluding carboxylic acids is 1. The molecule has 0 unspecified atom stereocenters. The van der Waals surface area contributed by atoms with Gasteiger partial charge in [0.1, 0.15) is 0 Å². The maximum Gasteiger partial charge on any atom is 0.224 e. The molecular formula is C16H24N2O. The van der Waals surface area contributed by atoms with Crippen LogP contribution in [0.25, 0.3) is 0 Å². The maximum absolute atomic E-state index is 11.9. The van der Waals surface area contributed by atoms with Crippen molar-refractivity contribution in [3.05, 3.63) is 29.8 Å². The summed E-state index contributed by atoms with van der Waals surface area (Å²) in [5, 5.41) is 6.08. The number of hydrogen-bond acceptors (Lipinski definition) is 2. The van der Waals surface area contributed by atoms with Gasteiger partial charge in [-0.3, -0.25) is 4.79 Å². The maximum atomic E-state index is 11.9. The van der Waals surface area contributed by atoms with Crippen molar-refractivity contribution in [1.82, 2.24) is 5.32 Å². The lowest BCUT2D eigenvalue weighted by Gasteiger charge is -2.09. The van der Waals surface area contributed by atoms with Gasteiger partial charge in [-0.1, -0.05) is 37.8 Å². The van der Waals surface area contributed by atoms with Crippen LogP contribution in [0.3, 0.4) is 0 Å². The molecule has 0 aromatic heterocycles. The molecule has 1 aromatic rings.